The third kappa shape index (κ3) is 2.61. The molecular formula is C12H17NO2S. The first-order valence-corrected chi connectivity index (χ1v) is 6.75. The van der Waals surface area contributed by atoms with Gasteiger partial charge < -0.3 is 4.74 Å². The van der Waals surface area contributed by atoms with E-state index in [9.17, 15) is 4.79 Å². The predicted molar refractivity (Wildman–Crippen MR) is 63.4 cm³/mol. The van der Waals surface area contributed by atoms with Gasteiger partial charge in [0.2, 0.25) is 0 Å². The van der Waals surface area contributed by atoms with Crippen molar-refractivity contribution in [3.8, 4) is 0 Å². The fraction of sp³-hybridized carbons (Fsp3) is 0.667. The highest BCUT2D eigenvalue weighted by Gasteiger charge is 2.28. The van der Waals surface area contributed by atoms with Gasteiger partial charge >= 0.3 is 5.97 Å². The maximum absolute atomic E-state index is 11.6. The zero-order chi connectivity index (χ0) is 11.4. The van der Waals surface area contributed by atoms with E-state index in [2.05, 4.69) is 4.98 Å². The lowest BCUT2D eigenvalue weighted by Crippen LogP contribution is -2.23. The average Bonchev–Trinajstić information content (AvgIpc) is 2.83. The van der Waals surface area contributed by atoms with Crippen LogP contribution >= 0.6 is 11.3 Å². The van der Waals surface area contributed by atoms with E-state index in [1.54, 1.807) is 11.3 Å². The van der Waals surface area contributed by atoms with Gasteiger partial charge in [0.1, 0.15) is 0 Å². The first kappa shape index (κ1) is 11.6. The molecule has 0 aromatic carbocycles. The van der Waals surface area contributed by atoms with Crippen LogP contribution in [0.4, 0.5) is 0 Å². The Kier molecular flexibility index (Phi) is 3.93. The smallest absolute Gasteiger partial charge is 0.308 e. The maximum atomic E-state index is 11.6. The molecule has 0 unspecified atom stereocenters. The van der Waals surface area contributed by atoms with Crippen LogP contribution in [-0.2, 0) is 9.53 Å². The van der Waals surface area contributed by atoms with Crippen molar-refractivity contribution < 1.29 is 9.53 Å². The molecule has 1 fully saturated rings. The van der Waals surface area contributed by atoms with Crippen molar-refractivity contribution in [2.24, 2.45) is 5.92 Å². The van der Waals surface area contributed by atoms with E-state index in [1.807, 2.05) is 18.5 Å². The third-order valence-electron chi connectivity index (χ3n) is 3.15. The number of thiazole rings is 1. The summed E-state index contributed by atoms with van der Waals surface area (Å²) >= 11 is 1.72. The lowest BCUT2D eigenvalue weighted by Gasteiger charge is -2.25. The number of rotatable bonds is 3. The van der Waals surface area contributed by atoms with Crippen LogP contribution in [-0.4, -0.2) is 17.6 Å². The molecule has 0 saturated heterocycles. The minimum atomic E-state index is -0.0138. The topological polar surface area (TPSA) is 39.2 Å². The Labute approximate surface area is 99.8 Å². The molecule has 16 heavy (non-hydrogen) atoms. The normalized spacial score (nSPS) is 25.3. The number of nitrogens with zero attached hydrogens (tertiary/aromatic N) is 1. The lowest BCUT2D eigenvalue weighted by atomic mass is 9.82. The van der Waals surface area contributed by atoms with Gasteiger partial charge in [-0.25, -0.2) is 4.98 Å². The zero-order valence-electron chi connectivity index (χ0n) is 9.52. The monoisotopic (exact) mass is 239 g/mol. The molecular weight excluding hydrogens is 222 g/mol. The second-order valence-corrected chi connectivity index (χ2v) is 5.10. The number of carbonyl (C=O) groups excluding carboxylic acids is 1. The van der Waals surface area contributed by atoms with Gasteiger partial charge in [0.15, 0.2) is 0 Å². The van der Waals surface area contributed by atoms with E-state index in [1.165, 1.54) is 5.01 Å². The second kappa shape index (κ2) is 5.43. The average molecular weight is 239 g/mol. The van der Waals surface area contributed by atoms with Crippen molar-refractivity contribution in [1.82, 2.24) is 4.98 Å². The maximum Gasteiger partial charge on any atom is 0.308 e. The molecule has 0 N–H and O–H groups in total. The van der Waals surface area contributed by atoms with Crippen LogP contribution in [0.1, 0.15) is 43.5 Å². The first-order valence-electron chi connectivity index (χ1n) is 5.87. The minimum absolute atomic E-state index is 0.0138. The summed E-state index contributed by atoms with van der Waals surface area (Å²) in [5.41, 5.74) is 0. The summed E-state index contributed by atoms with van der Waals surface area (Å²) in [5, 5.41) is 3.24. The molecule has 0 bridgehead atoms. The van der Waals surface area contributed by atoms with Crippen molar-refractivity contribution in [2.75, 3.05) is 6.61 Å². The summed E-state index contributed by atoms with van der Waals surface area (Å²) < 4.78 is 5.06. The van der Waals surface area contributed by atoms with Crippen molar-refractivity contribution in [1.29, 1.82) is 0 Å². The van der Waals surface area contributed by atoms with Crippen molar-refractivity contribution in [3.05, 3.63) is 16.6 Å². The molecule has 1 aromatic rings. The Morgan fingerprint density at radius 3 is 2.81 bits per heavy atom. The van der Waals surface area contributed by atoms with Crippen molar-refractivity contribution in [3.63, 3.8) is 0 Å². The molecule has 1 aliphatic rings. The van der Waals surface area contributed by atoms with E-state index in [0.29, 0.717) is 12.5 Å². The van der Waals surface area contributed by atoms with Crippen LogP contribution in [0.3, 0.4) is 0 Å². The number of hydrogen-bond donors (Lipinski definition) is 0. The molecule has 1 heterocycles. The molecule has 0 radical (unpaired) electrons. The fourth-order valence-corrected chi connectivity index (χ4v) is 3.08. The molecule has 3 nitrogen and oxygen atoms in total. The van der Waals surface area contributed by atoms with Crippen LogP contribution in [0.2, 0.25) is 0 Å². The van der Waals surface area contributed by atoms with Gasteiger partial charge in [-0.1, -0.05) is 0 Å². The molecule has 0 amide bonds. The van der Waals surface area contributed by atoms with Crippen LogP contribution in [0, 0.1) is 5.92 Å². The third-order valence-corrected chi connectivity index (χ3v) is 4.09. The van der Waals surface area contributed by atoms with E-state index in [0.717, 1.165) is 25.7 Å². The molecule has 2 rings (SSSR count). The predicted octanol–water partition coefficient (Wildman–Crippen LogP) is 2.98. The van der Waals surface area contributed by atoms with E-state index < -0.39 is 0 Å². The zero-order valence-corrected chi connectivity index (χ0v) is 10.3. The van der Waals surface area contributed by atoms with Crippen molar-refractivity contribution in [2.45, 2.75) is 38.5 Å². The fourth-order valence-electron chi connectivity index (χ4n) is 2.27. The summed E-state index contributed by atoms with van der Waals surface area (Å²) in [6.07, 6.45) is 5.89. The molecule has 1 aliphatic carbocycles. The second-order valence-electron chi connectivity index (χ2n) is 4.17. The summed E-state index contributed by atoms with van der Waals surface area (Å²) in [7, 11) is 0. The van der Waals surface area contributed by atoms with Gasteiger partial charge in [-0.2, -0.15) is 0 Å². The number of esters is 1. The quantitative estimate of drug-likeness (QED) is 0.761. The number of aromatic nitrogens is 1. The Morgan fingerprint density at radius 2 is 2.25 bits per heavy atom. The van der Waals surface area contributed by atoms with Crippen molar-refractivity contribution >= 4 is 17.3 Å². The van der Waals surface area contributed by atoms with Crippen LogP contribution < -0.4 is 0 Å². The molecule has 0 spiro atoms. The SMILES string of the molecule is CCOC(=O)[C@H]1CC[C@H](c2nccs2)CC1. The standard InChI is InChI=1S/C12H17NO2S/c1-2-15-12(14)10-5-3-9(4-6-10)11-13-7-8-16-11/h7-10H,2-6H2,1H3/t9-,10-. The van der Waals surface area contributed by atoms with E-state index >= 15 is 0 Å². The lowest BCUT2D eigenvalue weighted by molar-refractivity contribution is -0.149. The number of carbonyl (C=O) groups is 1. The van der Waals surface area contributed by atoms with Gasteiger partial charge in [-0.05, 0) is 32.6 Å². The highest BCUT2D eigenvalue weighted by atomic mass is 32.1. The van der Waals surface area contributed by atoms with Crippen LogP contribution in [0.25, 0.3) is 0 Å². The minimum Gasteiger partial charge on any atom is -0.466 e. The Balaban J connectivity index is 1.85. The molecule has 0 aliphatic heterocycles. The first-order chi connectivity index (χ1) is 7.81. The highest BCUT2D eigenvalue weighted by Crippen LogP contribution is 2.36. The summed E-state index contributed by atoms with van der Waals surface area (Å²) in [4.78, 5) is 15.9. The van der Waals surface area contributed by atoms with E-state index in [-0.39, 0.29) is 11.9 Å². The summed E-state index contributed by atoms with van der Waals surface area (Å²) in [6, 6.07) is 0. The van der Waals surface area contributed by atoms with Gasteiger partial charge in [0.05, 0.1) is 17.5 Å². The summed E-state index contributed by atoms with van der Waals surface area (Å²) in [5.74, 6) is 0.668. The van der Waals surface area contributed by atoms with Crippen LogP contribution in [0.15, 0.2) is 11.6 Å². The Morgan fingerprint density at radius 1 is 1.50 bits per heavy atom. The molecule has 1 aromatic heterocycles. The van der Waals surface area contributed by atoms with E-state index in [4.69, 9.17) is 4.74 Å². The van der Waals surface area contributed by atoms with Gasteiger partial charge in [-0.15, -0.1) is 11.3 Å². The Bertz CT molecular complexity index is 329. The molecule has 1 saturated carbocycles. The van der Waals surface area contributed by atoms with Gasteiger partial charge in [0.25, 0.3) is 0 Å². The molecule has 4 heteroatoms. The van der Waals surface area contributed by atoms with Gasteiger partial charge in [-0.3, -0.25) is 4.79 Å². The largest absolute Gasteiger partial charge is 0.466 e. The summed E-state index contributed by atoms with van der Waals surface area (Å²) in [6.45, 7) is 2.35. The molecule has 88 valence electrons. The highest BCUT2D eigenvalue weighted by molar-refractivity contribution is 7.09. The van der Waals surface area contributed by atoms with Crippen LogP contribution in [0.5, 0.6) is 0 Å². The van der Waals surface area contributed by atoms with Gasteiger partial charge in [0, 0.05) is 17.5 Å². The number of ether oxygens (including phenoxy) is 1. The Hall–Kier alpha value is -0.900. The number of hydrogen-bond acceptors (Lipinski definition) is 4. The molecule has 0 atom stereocenters.